The molecule has 3 heteroatoms. The summed E-state index contributed by atoms with van der Waals surface area (Å²) in [5, 5.41) is 0. The summed E-state index contributed by atoms with van der Waals surface area (Å²) in [6, 6.07) is 15.2. The van der Waals surface area contributed by atoms with Gasteiger partial charge in [0.05, 0.1) is 13.2 Å². The van der Waals surface area contributed by atoms with E-state index in [1.165, 1.54) is 16.7 Å². The maximum Gasteiger partial charge on any atom is 0.119 e. The fourth-order valence-corrected chi connectivity index (χ4v) is 3.28. The normalized spacial score (nSPS) is 12.2. The van der Waals surface area contributed by atoms with Gasteiger partial charge in [-0.3, -0.25) is 0 Å². The van der Waals surface area contributed by atoms with Crippen LogP contribution in [-0.2, 0) is 6.42 Å². The van der Waals surface area contributed by atoms with E-state index in [1.54, 1.807) is 0 Å². The number of hydrogen-bond acceptors (Lipinski definition) is 3. The third kappa shape index (κ3) is 6.38. The molecule has 2 rings (SSSR count). The molecule has 0 spiro atoms. The average molecular weight is 356 g/mol. The zero-order valence-electron chi connectivity index (χ0n) is 16.9. The Balaban J connectivity index is 2.21. The summed E-state index contributed by atoms with van der Waals surface area (Å²) in [5.74, 6) is 2.39. The molecule has 3 nitrogen and oxygen atoms in total. The van der Waals surface area contributed by atoms with Gasteiger partial charge in [0.2, 0.25) is 0 Å². The van der Waals surface area contributed by atoms with Crippen molar-refractivity contribution >= 4 is 0 Å². The maximum atomic E-state index is 5.73. The van der Waals surface area contributed by atoms with Crippen LogP contribution < -0.4 is 9.47 Å². The van der Waals surface area contributed by atoms with Crippen molar-refractivity contribution in [3.8, 4) is 11.5 Å². The van der Waals surface area contributed by atoms with E-state index in [2.05, 4.69) is 68.4 Å². The van der Waals surface area contributed by atoms with Crippen molar-refractivity contribution in [2.75, 3.05) is 33.9 Å². The Morgan fingerprint density at radius 3 is 2.15 bits per heavy atom. The molecule has 0 radical (unpaired) electrons. The molecule has 2 aromatic carbocycles. The fraction of sp³-hybridized carbons (Fsp3) is 0.478. The molecule has 1 unspecified atom stereocenters. The first-order chi connectivity index (χ1) is 12.5. The highest BCUT2D eigenvalue weighted by atomic mass is 16.5. The first-order valence-corrected chi connectivity index (χ1v) is 9.62. The quantitative estimate of drug-likeness (QED) is 0.594. The molecule has 0 saturated heterocycles. The minimum Gasteiger partial charge on any atom is -0.494 e. The third-order valence-electron chi connectivity index (χ3n) is 4.49. The van der Waals surface area contributed by atoms with E-state index in [0.29, 0.717) is 19.1 Å². The van der Waals surface area contributed by atoms with Crippen molar-refractivity contribution in [3.05, 3.63) is 59.2 Å². The molecule has 0 amide bonds. The van der Waals surface area contributed by atoms with E-state index >= 15 is 0 Å². The van der Waals surface area contributed by atoms with Gasteiger partial charge in [-0.05, 0) is 101 Å². The molecule has 0 aromatic heterocycles. The molecule has 1 atom stereocenters. The second kappa shape index (κ2) is 10.2. The SMILES string of the molecule is CCOc1ccc(C(CCN(C)C)Cc2cc(C)cc(OCC)c2)cc1. The first kappa shape index (κ1) is 20.3. The van der Waals surface area contributed by atoms with Crippen LogP contribution in [-0.4, -0.2) is 38.8 Å². The molecule has 0 heterocycles. The van der Waals surface area contributed by atoms with Crippen molar-refractivity contribution in [1.82, 2.24) is 4.90 Å². The largest absolute Gasteiger partial charge is 0.494 e. The number of aryl methyl sites for hydroxylation is 1. The summed E-state index contributed by atoms with van der Waals surface area (Å²) in [7, 11) is 4.27. The highest BCUT2D eigenvalue weighted by molar-refractivity contribution is 5.36. The smallest absolute Gasteiger partial charge is 0.119 e. The van der Waals surface area contributed by atoms with Crippen molar-refractivity contribution in [1.29, 1.82) is 0 Å². The van der Waals surface area contributed by atoms with Crippen LogP contribution in [0.5, 0.6) is 11.5 Å². The highest BCUT2D eigenvalue weighted by Gasteiger charge is 2.14. The lowest BCUT2D eigenvalue weighted by Gasteiger charge is -2.21. The first-order valence-electron chi connectivity index (χ1n) is 9.62. The maximum absolute atomic E-state index is 5.73. The molecule has 26 heavy (non-hydrogen) atoms. The second-order valence-electron chi connectivity index (χ2n) is 7.08. The minimum absolute atomic E-state index is 0.476. The Kier molecular flexibility index (Phi) is 7.99. The lowest BCUT2D eigenvalue weighted by molar-refractivity contribution is 0.339. The van der Waals surface area contributed by atoms with Crippen LogP contribution in [0.2, 0.25) is 0 Å². The summed E-state index contributed by atoms with van der Waals surface area (Å²) in [5.41, 5.74) is 3.96. The van der Waals surface area contributed by atoms with E-state index in [4.69, 9.17) is 9.47 Å². The molecule has 0 fully saturated rings. The fourth-order valence-electron chi connectivity index (χ4n) is 3.28. The van der Waals surface area contributed by atoms with Gasteiger partial charge in [-0.1, -0.05) is 18.2 Å². The predicted octanol–water partition coefficient (Wildman–Crippen LogP) is 5.07. The molecule has 0 saturated carbocycles. The molecule has 0 aliphatic heterocycles. The standard InChI is InChI=1S/C23H33NO2/c1-6-25-22-10-8-20(9-11-22)21(12-13-24(4)5)16-19-14-18(3)15-23(17-19)26-7-2/h8-11,14-15,17,21H,6-7,12-13,16H2,1-5H3. The lowest BCUT2D eigenvalue weighted by Crippen LogP contribution is -2.17. The third-order valence-corrected chi connectivity index (χ3v) is 4.49. The van der Waals surface area contributed by atoms with Gasteiger partial charge in [0.25, 0.3) is 0 Å². The number of nitrogens with zero attached hydrogens (tertiary/aromatic N) is 1. The van der Waals surface area contributed by atoms with Crippen molar-refractivity contribution in [3.63, 3.8) is 0 Å². The molecule has 0 aliphatic rings. The lowest BCUT2D eigenvalue weighted by atomic mass is 9.88. The number of hydrogen-bond donors (Lipinski definition) is 0. The van der Waals surface area contributed by atoms with E-state index in [0.717, 1.165) is 30.9 Å². The Morgan fingerprint density at radius 2 is 1.54 bits per heavy atom. The van der Waals surface area contributed by atoms with Gasteiger partial charge in [-0.2, -0.15) is 0 Å². The van der Waals surface area contributed by atoms with Gasteiger partial charge in [-0.25, -0.2) is 0 Å². The molecule has 0 bridgehead atoms. The van der Waals surface area contributed by atoms with Crippen molar-refractivity contribution in [2.45, 2.75) is 39.5 Å². The van der Waals surface area contributed by atoms with E-state index in [9.17, 15) is 0 Å². The Labute approximate surface area is 158 Å². The highest BCUT2D eigenvalue weighted by Crippen LogP contribution is 2.28. The Morgan fingerprint density at radius 1 is 0.885 bits per heavy atom. The number of rotatable bonds is 10. The average Bonchev–Trinajstić information content (AvgIpc) is 2.59. The van der Waals surface area contributed by atoms with E-state index in [-0.39, 0.29) is 0 Å². The minimum atomic E-state index is 0.476. The van der Waals surface area contributed by atoms with Crippen LogP contribution in [0, 0.1) is 6.92 Å². The summed E-state index contributed by atoms with van der Waals surface area (Å²) < 4.78 is 11.3. The van der Waals surface area contributed by atoms with Gasteiger partial charge in [0, 0.05) is 0 Å². The van der Waals surface area contributed by atoms with Crippen molar-refractivity contribution < 1.29 is 9.47 Å². The summed E-state index contributed by atoms with van der Waals surface area (Å²) in [6.07, 6.45) is 2.14. The van der Waals surface area contributed by atoms with Gasteiger partial charge in [-0.15, -0.1) is 0 Å². The number of benzene rings is 2. The topological polar surface area (TPSA) is 21.7 Å². The Bertz CT molecular complexity index is 664. The summed E-state index contributed by atoms with van der Waals surface area (Å²) in [6.45, 7) is 8.65. The van der Waals surface area contributed by atoms with Crippen molar-refractivity contribution in [2.24, 2.45) is 0 Å². The number of ether oxygens (including phenoxy) is 2. The Hall–Kier alpha value is -2.00. The molecule has 0 aliphatic carbocycles. The van der Waals surface area contributed by atoms with E-state index in [1.807, 2.05) is 13.8 Å². The zero-order chi connectivity index (χ0) is 18.9. The predicted molar refractivity (Wildman–Crippen MR) is 110 cm³/mol. The van der Waals surface area contributed by atoms with Gasteiger partial charge in [0.1, 0.15) is 11.5 Å². The van der Waals surface area contributed by atoms with Crippen LogP contribution in [0.3, 0.4) is 0 Å². The van der Waals surface area contributed by atoms with Gasteiger partial charge in [0.15, 0.2) is 0 Å². The van der Waals surface area contributed by atoms with E-state index < -0.39 is 0 Å². The molecular weight excluding hydrogens is 322 g/mol. The molecule has 2 aromatic rings. The van der Waals surface area contributed by atoms with Crippen LogP contribution in [0.1, 0.15) is 42.9 Å². The summed E-state index contributed by atoms with van der Waals surface area (Å²) in [4.78, 5) is 2.25. The second-order valence-corrected chi connectivity index (χ2v) is 7.08. The molecule has 142 valence electrons. The zero-order valence-corrected chi connectivity index (χ0v) is 16.9. The summed E-state index contributed by atoms with van der Waals surface area (Å²) >= 11 is 0. The molecular formula is C23H33NO2. The van der Waals surface area contributed by atoms with Crippen LogP contribution in [0.15, 0.2) is 42.5 Å². The van der Waals surface area contributed by atoms with Crippen LogP contribution >= 0.6 is 0 Å². The van der Waals surface area contributed by atoms with Gasteiger partial charge < -0.3 is 14.4 Å². The van der Waals surface area contributed by atoms with Crippen LogP contribution in [0.4, 0.5) is 0 Å². The van der Waals surface area contributed by atoms with Crippen LogP contribution in [0.25, 0.3) is 0 Å². The van der Waals surface area contributed by atoms with Gasteiger partial charge >= 0.3 is 0 Å². The monoisotopic (exact) mass is 355 g/mol. The molecule has 0 N–H and O–H groups in total.